The van der Waals surface area contributed by atoms with Crippen LogP contribution in [0, 0.1) is 0 Å². The Labute approximate surface area is 114 Å². The van der Waals surface area contributed by atoms with Gasteiger partial charge in [0.1, 0.15) is 5.82 Å². The van der Waals surface area contributed by atoms with Crippen LogP contribution in [-0.4, -0.2) is 9.55 Å². The number of rotatable bonds is 4. The number of fused-ring (bicyclic) bond motifs is 1. The molecule has 0 aliphatic heterocycles. The molecule has 1 aliphatic rings. The molecular formula is C16H21N3. The molecule has 0 saturated carbocycles. The van der Waals surface area contributed by atoms with Crippen LogP contribution < -0.4 is 5.73 Å². The van der Waals surface area contributed by atoms with E-state index in [0.717, 1.165) is 38.1 Å². The first-order valence-electron chi connectivity index (χ1n) is 7.16. The van der Waals surface area contributed by atoms with Crippen LogP contribution in [0.1, 0.15) is 48.3 Å². The molecule has 0 saturated heterocycles. The summed E-state index contributed by atoms with van der Waals surface area (Å²) in [5, 5.41) is 0. The smallest absolute Gasteiger partial charge is 0.113 e. The van der Waals surface area contributed by atoms with Gasteiger partial charge in [-0.05, 0) is 36.0 Å². The normalized spacial score (nSPS) is 17.7. The van der Waals surface area contributed by atoms with Gasteiger partial charge in [-0.3, -0.25) is 0 Å². The molecule has 100 valence electrons. The lowest BCUT2D eigenvalue weighted by Gasteiger charge is -2.11. The van der Waals surface area contributed by atoms with Gasteiger partial charge in [-0.2, -0.15) is 0 Å². The predicted octanol–water partition coefficient (Wildman–Crippen LogP) is 2.83. The van der Waals surface area contributed by atoms with Gasteiger partial charge in [0.05, 0.1) is 0 Å². The quantitative estimate of drug-likeness (QED) is 0.913. The Morgan fingerprint density at radius 2 is 2.32 bits per heavy atom. The summed E-state index contributed by atoms with van der Waals surface area (Å²) in [4.78, 5) is 4.51. The van der Waals surface area contributed by atoms with Gasteiger partial charge in [0.15, 0.2) is 0 Å². The standard InChI is InChI=1S/C16H21N3/c1-2-9-19-10-8-18-16(19)11-12-4-3-5-14-13(12)6-7-15(14)17/h3-5,8,10,15H,2,6-7,9,11,17H2,1H3. The molecule has 3 heteroatoms. The zero-order valence-corrected chi connectivity index (χ0v) is 11.5. The first kappa shape index (κ1) is 12.4. The van der Waals surface area contributed by atoms with Crippen molar-refractivity contribution in [1.82, 2.24) is 9.55 Å². The Bertz CT molecular complexity index is 571. The minimum atomic E-state index is 0.227. The van der Waals surface area contributed by atoms with E-state index in [4.69, 9.17) is 5.73 Å². The molecule has 1 aliphatic carbocycles. The molecule has 0 amide bonds. The molecule has 19 heavy (non-hydrogen) atoms. The SMILES string of the molecule is CCCn1ccnc1Cc1cccc2c1CCC2N. The van der Waals surface area contributed by atoms with Gasteiger partial charge >= 0.3 is 0 Å². The Morgan fingerprint density at radius 3 is 3.16 bits per heavy atom. The maximum atomic E-state index is 6.15. The van der Waals surface area contributed by atoms with Gasteiger partial charge in [-0.15, -0.1) is 0 Å². The average molecular weight is 255 g/mol. The summed E-state index contributed by atoms with van der Waals surface area (Å²) in [6.07, 6.45) is 8.23. The van der Waals surface area contributed by atoms with Gasteiger partial charge in [-0.25, -0.2) is 4.98 Å². The van der Waals surface area contributed by atoms with Crippen molar-refractivity contribution in [2.45, 2.75) is 45.2 Å². The zero-order chi connectivity index (χ0) is 13.2. The Balaban J connectivity index is 1.90. The Hall–Kier alpha value is -1.61. The highest BCUT2D eigenvalue weighted by Crippen LogP contribution is 2.32. The minimum Gasteiger partial charge on any atom is -0.335 e. The van der Waals surface area contributed by atoms with Crippen molar-refractivity contribution in [3.63, 3.8) is 0 Å². The Morgan fingerprint density at radius 1 is 1.42 bits per heavy atom. The topological polar surface area (TPSA) is 43.8 Å². The zero-order valence-electron chi connectivity index (χ0n) is 11.5. The lowest BCUT2D eigenvalue weighted by molar-refractivity contribution is 0.646. The van der Waals surface area contributed by atoms with Crippen LogP contribution in [0.15, 0.2) is 30.6 Å². The summed E-state index contributed by atoms with van der Waals surface area (Å²) in [6.45, 7) is 3.24. The monoisotopic (exact) mass is 255 g/mol. The molecule has 3 rings (SSSR count). The number of nitrogens with two attached hydrogens (primary N) is 1. The molecule has 1 unspecified atom stereocenters. The fourth-order valence-corrected chi connectivity index (χ4v) is 3.05. The molecule has 1 aromatic heterocycles. The Kier molecular flexibility index (Phi) is 3.38. The summed E-state index contributed by atoms with van der Waals surface area (Å²) in [5.74, 6) is 1.16. The number of aryl methyl sites for hydroxylation is 1. The van der Waals surface area contributed by atoms with Crippen LogP contribution >= 0.6 is 0 Å². The van der Waals surface area contributed by atoms with Crippen LogP contribution in [0.25, 0.3) is 0 Å². The fraction of sp³-hybridized carbons (Fsp3) is 0.438. The molecular weight excluding hydrogens is 234 g/mol. The van der Waals surface area contributed by atoms with E-state index in [0.29, 0.717) is 0 Å². The first-order valence-corrected chi connectivity index (χ1v) is 7.16. The summed E-state index contributed by atoms with van der Waals surface area (Å²) in [6, 6.07) is 6.76. The van der Waals surface area contributed by atoms with Crippen LogP contribution in [0.3, 0.4) is 0 Å². The van der Waals surface area contributed by atoms with Crippen molar-refractivity contribution >= 4 is 0 Å². The molecule has 2 aromatic rings. The minimum absolute atomic E-state index is 0.227. The van der Waals surface area contributed by atoms with E-state index in [1.807, 2.05) is 6.20 Å². The number of aromatic nitrogens is 2. The van der Waals surface area contributed by atoms with Crippen LogP contribution in [0.4, 0.5) is 0 Å². The lowest BCUT2D eigenvalue weighted by atomic mass is 10.00. The highest BCUT2D eigenvalue weighted by Gasteiger charge is 2.21. The third-order valence-electron chi connectivity index (χ3n) is 4.03. The second-order valence-corrected chi connectivity index (χ2v) is 5.34. The van der Waals surface area contributed by atoms with Gasteiger partial charge < -0.3 is 10.3 Å². The van der Waals surface area contributed by atoms with Crippen LogP contribution in [0.5, 0.6) is 0 Å². The molecule has 1 heterocycles. The van der Waals surface area contributed by atoms with Crippen LogP contribution in [-0.2, 0) is 19.4 Å². The van der Waals surface area contributed by atoms with E-state index < -0.39 is 0 Å². The largest absolute Gasteiger partial charge is 0.335 e. The molecule has 2 N–H and O–H groups in total. The summed E-state index contributed by atoms with van der Waals surface area (Å²) < 4.78 is 2.26. The molecule has 3 nitrogen and oxygen atoms in total. The number of nitrogens with zero attached hydrogens (tertiary/aromatic N) is 2. The first-order chi connectivity index (χ1) is 9.29. The van der Waals surface area contributed by atoms with E-state index in [1.54, 1.807) is 0 Å². The second-order valence-electron chi connectivity index (χ2n) is 5.34. The predicted molar refractivity (Wildman–Crippen MR) is 77.0 cm³/mol. The molecule has 0 bridgehead atoms. The van der Waals surface area contributed by atoms with Gasteiger partial charge in [-0.1, -0.05) is 25.1 Å². The maximum Gasteiger partial charge on any atom is 0.113 e. The molecule has 0 spiro atoms. The number of hydrogen-bond donors (Lipinski definition) is 1. The average Bonchev–Trinajstić information content (AvgIpc) is 2.99. The van der Waals surface area contributed by atoms with Crippen molar-refractivity contribution in [2.24, 2.45) is 5.73 Å². The van der Waals surface area contributed by atoms with Crippen molar-refractivity contribution in [3.05, 3.63) is 53.1 Å². The van der Waals surface area contributed by atoms with Crippen molar-refractivity contribution < 1.29 is 0 Å². The van der Waals surface area contributed by atoms with E-state index in [2.05, 4.69) is 40.9 Å². The lowest BCUT2D eigenvalue weighted by Crippen LogP contribution is -2.07. The molecule has 1 aromatic carbocycles. The third-order valence-corrected chi connectivity index (χ3v) is 4.03. The van der Waals surface area contributed by atoms with Gasteiger partial charge in [0, 0.05) is 31.4 Å². The van der Waals surface area contributed by atoms with Crippen molar-refractivity contribution in [3.8, 4) is 0 Å². The van der Waals surface area contributed by atoms with Crippen molar-refractivity contribution in [2.75, 3.05) is 0 Å². The van der Waals surface area contributed by atoms with E-state index in [9.17, 15) is 0 Å². The highest BCUT2D eigenvalue weighted by molar-refractivity contribution is 5.41. The number of hydrogen-bond acceptors (Lipinski definition) is 2. The molecule has 1 atom stereocenters. The summed E-state index contributed by atoms with van der Waals surface area (Å²) in [5.41, 5.74) is 10.3. The number of imidazole rings is 1. The van der Waals surface area contributed by atoms with E-state index in [-0.39, 0.29) is 6.04 Å². The van der Waals surface area contributed by atoms with E-state index in [1.165, 1.54) is 16.7 Å². The molecule has 0 radical (unpaired) electrons. The van der Waals surface area contributed by atoms with Crippen LogP contribution in [0.2, 0.25) is 0 Å². The highest BCUT2D eigenvalue weighted by atomic mass is 15.1. The maximum absolute atomic E-state index is 6.15. The summed E-state index contributed by atoms with van der Waals surface area (Å²) in [7, 11) is 0. The van der Waals surface area contributed by atoms with Gasteiger partial charge in [0.2, 0.25) is 0 Å². The summed E-state index contributed by atoms with van der Waals surface area (Å²) >= 11 is 0. The second kappa shape index (κ2) is 5.17. The fourth-order valence-electron chi connectivity index (χ4n) is 3.05. The molecule has 0 fully saturated rings. The van der Waals surface area contributed by atoms with Crippen molar-refractivity contribution in [1.29, 1.82) is 0 Å². The van der Waals surface area contributed by atoms with E-state index >= 15 is 0 Å². The van der Waals surface area contributed by atoms with Gasteiger partial charge in [0.25, 0.3) is 0 Å². The number of benzene rings is 1. The third kappa shape index (κ3) is 2.30.